The Balaban J connectivity index is 2.33. The summed E-state index contributed by atoms with van der Waals surface area (Å²) in [4.78, 5) is 18.7. The second kappa shape index (κ2) is 5.01. The van der Waals surface area contributed by atoms with Crippen LogP contribution in [0, 0.1) is 0 Å². The summed E-state index contributed by atoms with van der Waals surface area (Å²) in [6.45, 7) is 0. The molecule has 0 atom stereocenters. The third kappa shape index (κ3) is 2.75. The molecule has 0 saturated heterocycles. The number of carboxylic acid groups (broad SMARTS) is 1. The minimum atomic E-state index is -0.988. The van der Waals surface area contributed by atoms with Crippen molar-refractivity contribution in [3.05, 3.63) is 41.2 Å². The molecule has 2 rings (SSSR count). The molecule has 2 N–H and O–H groups in total. The van der Waals surface area contributed by atoms with Gasteiger partial charge in [-0.05, 0) is 24.3 Å². The topological polar surface area (TPSA) is 83.3 Å². The van der Waals surface area contributed by atoms with Crippen molar-refractivity contribution in [2.24, 2.45) is 0 Å². The molecule has 0 fully saturated rings. The fraction of sp³-hybridized carbons (Fsp3) is 0.0833. The summed E-state index contributed by atoms with van der Waals surface area (Å²) in [5.41, 5.74) is 1.06. The molecule has 0 aliphatic heterocycles. The molecule has 1 aromatic carbocycles. The molecule has 1 heterocycles. The SMILES string of the molecule is O=C(O)Cc1cnc(-c2ccc(O)cc2)nc1Cl. The van der Waals surface area contributed by atoms with Crippen molar-refractivity contribution in [3.63, 3.8) is 0 Å². The maximum atomic E-state index is 10.6. The molecule has 0 spiro atoms. The average molecular weight is 265 g/mol. The summed E-state index contributed by atoms with van der Waals surface area (Å²) < 4.78 is 0. The van der Waals surface area contributed by atoms with E-state index in [1.54, 1.807) is 12.1 Å². The Morgan fingerprint density at radius 3 is 2.50 bits per heavy atom. The summed E-state index contributed by atoms with van der Waals surface area (Å²) in [7, 11) is 0. The lowest BCUT2D eigenvalue weighted by atomic mass is 10.2. The van der Waals surface area contributed by atoms with Crippen LogP contribution in [0.3, 0.4) is 0 Å². The third-order valence-corrected chi connectivity index (χ3v) is 2.61. The maximum Gasteiger partial charge on any atom is 0.307 e. The van der Waals surface area contributed by atoms with Gasteiger partial charge in [-0.3, -0.25) is 4.79 Å². The van der Waals surface area contributed by atoms with Gasteiger partial charge in [-0.15, -0.1) is 0 Å². The number of nitrogens with zero attached hydrogens (tertiary/aromatic N) is 2. The second-order valence-corrected chi connectivity index (χ2v) is 3.99. The maximum absolute atomic E-state index is 10.6. The van der Waals surface area contributed by atoms with E-state index in [0.717, 1.165) is 0 Å². The Morgan fingerprint density at radius 2 is 1.94 bits per heavy atom. The highest BCUT2D eigenvalue weighted by molar-refractivity contribution is 6.30. The van der Waals surface area contributed by atoms with Crippen LogP contribution in [0.5, 0.6) is 5.75 Å². The fourth-order valence-corrected chi connectivity index (χ4v) is 1.61. The molecular weight excluding hydrogens is 256 g/mol. The molecule has 0 aliphatic rings. The van der Waals surface area contributed by atoms with E-state index in [1.807, 2.05) is 0 Å². The largest absolute Gasteiger partial charge is 0.508 e. The molecule has 0 unspecified atom stereocenters. The van der Waals surface area contributed by atoms with Crippen molar-refractivity contribution in [3.8, 4) is 17.1 Å². The molecule has 0 aliphatic carbocycles. The highest BCUT2D eigenvalue weighted by atomic mass is 35.5. The van der Waals surface area contributed by atoms with Crippen molar-refractivity contribution in [1.29, 1.82) is 0 Å². The zero-order chi connectivity index (χ0) is 13.1. The van der Waals surface area contributed by atoms with Gasteiger partial charge >= 0.3 is 5.97 Å². The highest BCUT2D eigenvalue weighted by Crippen LogP contribution is 2.21. The smallest absolute Gasteiger partial charge is 0.307 e. The quantitative estimate of drug-likeness (QED) is 0.830. The normalized spacial score (nSPS) is 10.3. The van der Waals surface area contributed by atoms with Crippen LogP contribution in [0.4, 0.5) is 0 Å². The Morgan fingerprint density at radius 1 is 1.28 bits per heavy atom. The second-order valence-electron chi connectivity index (χ2n) is 3.63. The van der Waals surface area contributed by atoms with Gasteiger partial charge in [0.15, 0.2) is 5.82 Å². The van der Waals surface area contributed by atoms with Gasteiger partial charge in [0.05, 0.1) is 6.42 Å². The Hall–Kier alpha value is -2.14. The van der Waals surface area contributed by atoms with E-state index in [4.69, 9.17) is 21.8 Å². The summed E-state index contributed by atoms with van der Waals surface area (Å²) in [5.74, 6) is -0.459. The number of carbonyl (C=O) groups is 1. The van der Waals surface area contributed by atoms with Crippen LogP contribution >= 0.6 is 11.6 Å². The molecule has 6 heteroatoms. The first-order chi connectivity index (χ1) is 8.56. The van der Waals surface area contributed by atoms with E-state index in [1.165, 1.54) is 18.3 Å². The van der Waals surface area contributed by atoms with Crippen molar-refractivity contribution in [2.75, 3.05) is 0 Å². The van der Waals surface area contributed by atoms with Crippen LogP contribution in [-0.4, -0.2) is 26.2 Å². The predicted octanol–water partition coefficient (Wildman–Crippen LogP) is 2.13. The lowest BCUT2D eigenvalue weighted by molar-refractivity contribution is -0.136. The van der Waals surface area contributed by atoms with Crippen LogP contribution in [0.1, 0.15) is 5.56 Å². The molecule has 0 bridgehead atoms. The number of aliphatic carboxylic acids is 1. The van der Waals surface area contributed by atoms with Crippen molar-refractivity contribution in [1.82, 2.24) is 9.97 Å². The standard InChI is InChI=1S/C12H9ClN2O3/c13-11-8(5-10(17)18)6-14-12(15-11)7-1-3-9(16)4-2-7/h1-4,6,16H,5H2,(H,17,18). The predicted molar refractivity (Wildman–Crippen MR) is 65.5 cm³/mol. The first-order valence-corrected chi connectivity index (χ1v) is 5.46. The Bertz CT molecular complexity index is 584. The number of rotatable bonds is 3. The van der Waals surface area contributed by atoms with Gasteiger partial charge in [0.2, 0.25) is 0 Å². The number of phenols is 1. The van der Waals surface area contributed by atoms with Crippen LogP contribution in [-0.2, 0) is 11.2 Å². The Labute approximate surface area is 108 Å². The number of phenolic OH excluding ortho intramolecular Hbond substituents is 1. The number of carboxylic acids is 1. The van der Waals surface area contributed by atoms with Crippen molar-refractivity contribution < 1.29 is 15.0 Å². The molecule has 0 radical (unpaired) electrons. The summed E-state index contributed by atoms with van der Waals surface area (Å²) >= 11 is 5.89. The van der Waals surface area contributed by atoms with E-state index < -0.39 is 5.97 Å². The van der Waals surface area contributed by atoms with Gasteiger partial charge in [-0.2, -0.15) is 0 Å². The number of hydrogen-bond donors (Lipinski definition) is 2. The van der Waals surface area contributed by atoms with Gasteiger partial charge < -0.3 is 10.2 Å². The van der Waals surface area contributed by atoms with Gasteiger partial charge in [0.25, 0.3) is 0 Å². The zero-order valence-corrected chi connectivity index (χ0v) is 9.92. The molecule has 18 heavy (non-hydrogen) atoms. The zero-order valence-electron chi connectivity index (χ0n) is 9.17. The van der Waals surface area contributed by atoms with E-state index in [9.17, 15) is 4.79 Å². The monoisotopic (exact) mass is 264 g/mol. The number of hydrogen-bond acceptors (Lipinski definition) is 4. The van der Waals surface area contributed by atoms with Crippen LogP contribution in [0.25, 0.3) is 11.4 Å². The molecule has 5 nitrogen and oxygen atoms in total. The fourth-order valence-electron chi connectivity index (χ4n) is 1.42. The molecular formula is C12H9ClN2O3. The van der Waals surface area contributed by atoms with E-state index in [2.05, 4.69) is 9.97 Å². The van der Waals surface area contributed by atoms with Crippen molar-refractivity contribution in [2.45, 2.75) is 6.42 Å². The number of halogens is 1. The molecule has 2 aromatic rings. The number of aromatic hydroxyl groups is 1. The molecule has 92 valence electrons. The minimum absolute atomic E-state index is 0.121. The summed E-state index contributed by atoms with van der Waals surface area (Å²) in [6.07, 6.45) is 1.18. The van der Waals surface area contributed by atoms with E-state index in [0.29, 0.717) is 17.0 Å². The van der Waals surface area contributed by atoms with E-state index in [-0.39, 0.29) is 17.3 Å². The molecule has 0 amide bonds. The molecule has 1 aromatic heterocycles. The van der Waals surface area contributed by atoms with E-state index >= 15 is 0 Å². The summed E-state index contributed by atoms with van der Waals surface area (Å²) in [5, 5.41) is 18.0. The van der Waals surface area contributed by atoms with Crippen LogP contribution in [0.2, 0.25) is 5.15 Å². The van der Waals surface area contributed by atoms with Gasteiger partial charge in [0, 0.05) is 17.3 Å². The average Bonchev–Trinajstić information content (AvgIpc) is 2.32. The Kier molecular flexibility index (Phi) is 3.43. The lowest BCUT2D eigenvalue weighted by Gasteiger charge is -2.04. The third-order valence-electron chi connectivity index (χ3n) is 2.28. The number of aromatic nitrogens is 2. The molecule has 0 saturated carbocycles. The van der Waals surface area contributed by atoms with Crippen molar-refractivity contribution >= 4 is 17.6 Å². The number of benzene rings is 1. The lowest BCUT2D eigenvalue weighted by Crippen LogP contribution is -2.03. The van der Waals surface area contributed by atoms with Gasteiger partial charge in [-0.1, -0.05) is 11.6 Å². The summed E-state index contributed by atoms with van der Waals surface area (Å²) in [6, 6.07) is 6.32. The highest BCUT2D eigenvalue weighted by Gasteiger charge is 2.09. The van der Waals surface area contributed by atoms with Gasteiger partial charge in [-0.25, -0.2) is 9.97 Å². The van der Waals surface area contributed by atoms with Crippen LogP contribution in [0.15, 0.2) is 30.5 Å². The first-order valence-electron chi connectivity index (χ1n) is 5.09. The minimum Gasteiger partial charge on any atom is -0.508 e. The van der Waals surface area contributed by atoms with Crippen LogP contribution < -0.4 is 0 Å². The first kappa shape index (κ1) is 12.3. The van der Waals surface area contributed by atoms with Gasteiger partial charge in [0.1, 0.15) is 10.9 Å².